The van der Waals surface area contributed by atoms with E-state index in [-0.39, 0.29) is 5.91 Å². The van der Waals surface area contributed by atoms with Crippen LogP contribution in [0.4, 0.5) is 17.1 Å². The van der Waals surface area contributed by atoms with Crippen LogP contribution in [0.3, 0.4) is 0 Å². The van der Waals surface area contributed by atoms with Crippen molar-refractivity contribution in [2.24, 2.45) is 4.99 Å². The Kier molecular flexibility index (Phi) is 4.66. The molecule has 2 heterocycles. The molecule has 3 aromatic rings. The number of amidine groups is 1. The van der Waals surface area contributed by atoms with Gasteiger partial charge in [-0.3, -0.25) is 9.69 Å². The number of anilines is 3. The number of nitrogens with zero attached hydrogens (tertiary/aromatic N) is 3. The van der Waals surface area contributed by atoms with Gasteiger partial charge in [0.1, 0.15) is 4.91 Å². The first-order chi connectivity index (χ1) is 14.2. The van der Waals surface area contributed by atoms with Crippen LogP contribution < -0.4 is 9.80 Å². The summed E-state index contributed by atoms with van der Waals surface area (Å²) in [4.78, 5) is 23.3. The first-order valence-electron chi connectivity index (χ1n) is 9.18. The van der Waals surface area contributed by atoms with Gasteiger partial charge in [-0.25, -0.2) is 0 Å². The van der Waals surface area contributed by atoms with Gasteiger partial charge in [-0.15, -0.1) is 0 Å². The van der Waals surface area contributed by atoms with Crippen LogP contribution in [0.2, 0.25) is 0 Å². The highest BCUT2D eigenvalue weighted by atomic mass is 32.2. The number of aliphatic imine (C=N–C) groups is 1. The van der Waals surface area contributed by atoms with Gasteiger partial charge in [0.15, 0.2) is 5.17 Å². The molecule has 1 amide bonds. The van der Waals surface area contributed by atoms with Gasteiger partial charge in [0.2, 0.25) is 0 Å². The van der Waals surface area contributed by atoms with Crippen LogP contribution in [-0.4, -0.2) is 18.1 Å². The molecule has 0 N–H and O–H groups in total. The SMILES string of the molecule is CN1C(=C2SC(N(c3ccccc3)c3ccccc3)=NC2=O)Sc2ccccc21. The van der Waals surface area contributed by atoms with Crippen LogP contribution in [0.5, 0.6) is 0 Å². The lowest BCUT2D eigenvalue weighted by atomic mass is 10.2. The van der Waals surface area contributed by atoms with Gasteiger partial charge in [0.05, 0.1) is 10.7 Å². The van der Waals surface area contributed by atoms with Crippen molar-refractivity contribution in [3.63, 3.8) is 0 Å². The van der Waals surface area contributed by atoms with E-state index in [2.05, 4.69) is 22.0 Å². The van der Waals surface area contributed by atoms with Crippen molar-refractivity contribution in [3.05, 3.63) is 94.9 Å². The predicted molar refractivity (Wildman–Crippen MR) is 123 cm³/mol. The number of carbonyl (C=O) groups excluding carboxylic acids is 1. The molecule has 0 radical (unpaired) electrons. The van der Waals surface area contributed by atoms with Crippen LogP contribution in [0.15, 0.2) is 105 Å². The number of carbonyl (C=O) groups is 1. The maximum absolute atomic E-state index is 12.9. The average molecular weight is 416 g/mol. The lowest BCUT2D eigenvalue weighted by Crippen LogP contribution is -2.21. The molecule has 4 nitrogen and oxygen atoms in total. The molecule has 0 atom stereocenters. The maximum atomic E-state index is 12.9. The summed E-state index contributed by atoms with van der Waals surface area (Å²) in [6, 6.07) is 28.2. The van der Waals surface area contributed by atoms with Gasteiger partial charge in [0.25, 0.3) is 5.91 Å². The van der Waals surface area contributed by atoms with Crippen LogP contribution in [0, 0.1) is 0 Å². The minimum absolute atomic E-state index is 0.191. The molecule has 0 aromatic heterocycles. The lowest BCUT2D eigenvalue weighted by molar-refractivity contribution is -0.113. The summed E-state index contributed by atoms with van der Waals surface area (Å²) in [5.74, 6) is -0.191. The van der Waals surface area contributed by atoms with Crippen LogP contribution in [0.25, 0.3) is 0 Å². The Balaban J connectivity index is 1.54. The fourth-order valence-electron chi connectivity index (χ4n) is 3.35. The highest BCUT2D eigenvalue weighted by molar-refractivity contribution is 8.19. The molecular formula is C23H17N3OS2. The second-order valence-electron chi connectivity index (χ2n) is 6.57. The van der Waals surface area contributed by atoms with Gasteiger partial charge in [-0.2, -0.15) is 4.99 Å². The average Bonchev–Trinajstić information content (AvgIpc) is 3.30. The molecule has 142 valence electrons. The number of amides is 1. The van der Waals surface area contributed by atoms with E-state index in [4.69, 9.17) is 0 Å². The minimum atomic E-state index is -0.191. The second kappa shape index (κ2) is 7.46. The zero-order valence-electron chi connectivity index (χ0n) is 15.6. The molecule has 0 aliphatic carbocycles. The lowest BCUT2D eigenvalue weighted by Gasteiger charge is -2.24. The number of hydrogen-bond acceptors (Lipinski definition) is 5. The van der Waals surface area contributed by atoms with E-state index in [0.29, 0.717) is 10.1 Å². The molecule has 0 saturated carbocycles. The molecule has 6 heteroatoms. The number of benzene rings is 3. The molecule has 2 aliphatic heterocycles. The van der Waals surface area contributed by atoms with E-state index < -0.39 is 0 Å². The Morgan fingerprint density at radius 2 is 1.38 bits per heavy atom. The van der Waals surface area contributed by atoms with Crippen molar-refractivity contribution in [1.29, 1.82) is 0 Å². The molecule has 0 spiro atoms. The summed E-state index contributed by atoms with van der Waals surface area (Å²) in [5.41, 5.74) is 3.06. The van der Waals surface area contributed by atoms with E-state index in [1.165, 1.54) is 11.8 Å². The molecule has 0 bridgehead atoms. The Hall–Kier alpha value is -2.96. The van der Waals surface area contributed by atoms with Gasteiger partial charge >= 0.3 is 0 Å². The van der Waals surface area contributed by atoms with Crippen molar-refractivity contribution in [1.82, 2.24) is 0 Å². The molecular weight excluding hydrogens is 398 g/mol. The Morgan fingerprint density at radius 3 is 2.00 bits per heavy atom. The van der Waals surface area contributed by atoms with Crippen LogP contribution in [-0.2, 0) is 4.79 Å². The largest absolute Gasteiger partial charge is 0.337 e. The molecule has 5 rings (SSSR count). The number of hydrogen-bond donors (Lipinski definition) is 0. The van der Waals surface area contributed by atoms with Crippen molar-refractivity contribution in [3.8, 4) is 0 Å². The van der Waals surface area contributed by atoms with E-state index >= 15 is 0 Å². The van der Waals surface area contributed by atoms with Gasteiger partial charge in [-0.1, -0.05) is 60.3 Å². The zero-order valence-corrected chi connectivity index (χ0v) is 17.3. The third kappa shape index (κ3) is 3.24. The monoisotopic (exact) mass is 415 g/mol. The molecule has 0 unspecified atom stereocenters. The summed E-state index contributed by atoms with van der Waals surface area (Å²) in [5, 5.41) is 1.60. The molecule has 0 saturated heterocycles. The normalized spacial score (nSPS) is 18.0. The predicted octanol–water partition coefficient (Wildman–Crippen LogP) is 5.87. The third-order valence-corrected chi connectivity index (χ3v) is 7.13. The van der Waals surface area contributed by atoms with E-state index in [9.17, 15) is 4.79 Å². The van der Waals surface area contributed by atoms with Crippen molar-refractivity contribution < 1.29 is 4.79 Å². The smallest absolute Gasteiger partial charge is 0.289 e. The van der Waals surface area contributed by atoms with Crippen LogP contribution in [0.1, 0.15) is 0 Å². The van der Waals surface area contributed by atoms with Crippen LogP contribution >= 0.6 is 23.5 Å². The number of fused-ring (bicyclic) bond motifs is 1. The third-order valence-electron chi connectivity index (χ3n) is 4.74. The van der Waals surface area contributed by atoms with Gasteiger partial charge in [0, 0.05) is 23.3 Å². The summed E-state index contributed by atoms with van der Waals surface area (Å²) >= 11 is 3.05. The fraction of sp³-hybridized carbons (Fsp3) is 0.0435. The molecule has 0 fully saturated rings. The van der Waals surface area contributed by atoms with E-state index in [1.807, 2.05) is 84.7 Å². The second-order valence-corrected chi connectivity index (χ2v) is 8.58. The molecule has 2 aliphatic rings. The first kappa shape index (κ1) is 18.1. The zero-order chi connectivity index (χ0) is 19.8. The minimum Gasteiger partial charge on any atom is -0.337 e. The summed E-state index contributed by atoms with van der Waals surface area (Å²) in [6.45, 7) is 0. The molecule has 3 aromatic carbocycles. The van der Waals surface area contributed by atoms with Crippen molar-refractivity contribution in [2.75, 3.05) is 16.8 Å². The number of thioether (sulfide) groups is 2. The Morgan fingerprint density at radius 1 is 0.793 bits per heavy atom. The van der Waals surface area contributed by atoms with E-state index in [1.54, 1.807) is 11.8 Å². The molecule has 29 heavy (non-hydrogen) atoms. The summed E-state index contributed by atoms with van der Waals surface area (Å²) < 4.78 is 0. The maximum Gasteiger partial charge on any atom is 0.289 e. The fourth-order valence-corrected chi connectivity index (χ4v) is 5.65. The van der Waals surface area contributed by atoms with Crippen molar-refractivity contribution in [2.45, 2.75) is 4.90 Å². The summed E-state index contributed by atoms with van der Waals surface area (Å²) in [7, 11) is 2.00. The Labute approximate surface area is 177 Å². The highest BCUT2D eigenvalue weighted by Crippen LogP contribution is 2.49. The number of para-hydroxylation sites is 3. The highest BCUT2D eigenvalue weighted by Gasteiger charge is 2.35. The Bertz CT molecular complexity index is 1100. The summed E-state index contributed by atoms with van der Waals surface area (Å²) in [6.07, 6.45) is 0. The number of rotatable bonds is 2. The first-order valence-corrected chi connectivity index (χ1v) is 10.8. The van der Waals surface area contributed by atoms with Crippen molar-refractivity contribution >= 4 is 51.7 Å². The van der Waals surface area contributed by atoms with E-state index in [0.717, 1.165) is 27.0 Å². The topological polar surface area (TPSA) is 35.9 Å². The van der Waals surface area contributed by atoms with Gasteiger partial charge in [-0.05, 0) is 48.2 Å². The van der Waals surface area contributed by atoms with Gasteiger partial charge < -0.3 is 4.90 Å². The quantitative estimate of drug-likeness (QED) is 0.490. The standard InChI is InChI=1S/C23H17N3OS2/c1-25-18-14-8-9-15-19(18)28-22(25)20-21(27)24-23(29-20)26(16-10-4-2-5-11-16)17-12-6-3-7-13-17/h2-15H,1H3.